The molecule has 0 unspecified atom stereocenters. The third-order valence-electron chi connectivity index (χ3n) is 2.31. The van der Waals surface area contributed by atoms with Gasteiger partial charge in [-0.3, -0.25) is 0 Å². The molecule has 0 radical (unpaired) electrons. The molecule has 0 spiro atoms. The Balaban J connectivity index is 0.00000225. The van der Waals surface area contributed by atoms with Crippen LogP contribution in [0.4, 0.5) is 12.9 Å². The van der Waals surface area contributed by atoms with Crippen LogP contribution >= 0.6 is 0 Å². The van der Waals surface area contributed by atoms with Crippen molar-refractivity contribution in [2.75, 3.05) is 13.2 Å². The molecule has 90 valence electrons. The van der Waals surface area contributed by atoms with Gasteiger partial charge in [0, 0.05) is 0 Å². The molecule has 0 aromatic heterocycles. The number of aliphatic hydroxyl groups is 1. The fourth-order valence-electron chi connectivity index (χ4n) is 1.28. The molecule has 0 bridgehead atoms. The fraction of sp³-hybridized carbons (Fsp3) is 1.00. The molecule has 0 amide bonds. The molecule has 8 heteroatoms. The van der Waals surface area contributed by atoms with Gasteiger partial charge in [-0.25, -0.2) is 0 Å². The zero-order valence-corrected chi connectivity index (χ0v) is 12.9. The van der Waals surface area contributed by atoms with Crippen LogP contribution in [0.1, 0.15) is 20.3 Å². The molecule has 0 atom stereocenters. The van der Waals surface area contributed by atoms with Gasteiger partial charge < -0.3 is 27.5 Å². The Morgan fingerprint density at radius 3 is 2.00 bits per heavy atom. The van der Waals surface area contributed by atoms with E-state index in [2.05, 4.69) is 0 Å². The number of ether oxygens (including phenoxy) is 2. The smallest absolute Gasteiger partial charge is 0.449 e. The van der Waals surface area contributed by atoms with Gasteiger partial charge in [-0.15, -0.1) is 0 Å². The molecule has 1 fully saturated rings. The average molecular weight is 266 g/mol. The quantitative estimate of drug-likeness (QED) is 0.648. The fourth-order valence-corrected chi connectivity index (χ4v) is 1.28. The van der Waals surface area contributed by atoms with Crippen molar-refractivity contribution < 1.29 is 78.9 Å². The van der Waals surface area contributed by atoms with Gasteiger partial charge in [-0.2, -0.15) is 0 Å². The number of hydrogen-bond donors (Lipinski definition) is 1. The van der Waals surface area contributed by atoms with Crippen molar-refractivity contribution in [1.82, 2.24) is 0 Å². The first kappa shape index (κ1) is 17.4. The van der Waals surface area contributed by atoms with E-state index in [0.29, 0.717) is 0 Å². The second kappa shape index (κ2) is 6.01. The van der Waals surface area contributed by atoms with E-state index in [4.69, 9.17) is 9.47 Å². The topological polar surface area (TPSA) is 38.7 Å². The molecule has 16 heavy (non-hydrogen) atoms. The Morgan fingerprint density at radius 1 is 1.19 bits per heavy atom. The number of halogens is 3. The van der Waals surface area contributed by atoms with E-state index in [1.54, 1.807) is 13.8 Å². The van der Waals surface area contributed by atoms with Gasteiger partial charge in [0.05, 0.1) is 13.2 Å². The van der Waals surface area contributed by atoms with Crippen LogP contribution in [0.15, 0.2) is 0 Å². The molecule has 0 aromatic carbocycles. The van der Waals surface area contributed by atoms with Crippen molar-refractivity contribution in [3.63, 3.8) is 0 Å². The van der Waals surface area contributed by atoms with E-state index < -0.39 is 24.7 Å². The summed E-state index contributed by atoms with van der Waals surface area (Å²) in [6, 6.07) is 0. The van der Waals surface area contributed by atoms with E-state index >= 15 is 0 Å². The van der Waals surface area contributed by atoms with Crippen molar-refractivity contribution in [1.29, 1.82) is 0 Å². The van der Waals surface area contributed by atoms with Gasteiger partial charge in [-0.05, 0) is 20.3 Å². The van der Waals surface area contributed by atoms with Crippen molar-refractivity contribution >= 4 is 6.98 Å². The van der Waals surface area contributed by atoms with Gasteiger partial charge in [-0.1, -0.05) is 6.32 Å². The second-order valence-electron chi connectivity index (χ2n) is 4.45. The van der Waals surface area contributed by atoms with Crippen molar-refractivity contribution in [3.05, 3.63) is 0 Å². The minimum atomic E-state index is -4.86. The summed E-state index contributed by atoms with van der Waals surface area (Å²) in [5.41, 5.74) is -1.51. The van der Waals surface area contributed by atoms with Crippen molar-refractivity contribution in [2.45, 2.75) is 38.0 Å². The van der Waals surface area contributed by atoms with Crippen LogP contribution in [0, 0.1) is 0 Å². The molecule has 0 saturated carbocycles. The molecule has 0 aliphatic carbocycles. The Morgan fingerprint density at radius 2 is 1.62 bits per heavy atom. The van der Waals surface area contributed by atoms with E-state index in [0.717, 1.165) is 0 Å². The van der Waals surface area contributed by atoms with Gasteiger partial charge in [0.2, 0.25) is 0 Å². The summed E-state index contributed by atoms with van der Waals surface area (Å²) in [7, 11) is 0. The molecule has 1 N–H and O–H groups in total. The average Bonchev–Trinajstić information content (AvgIpc) is 2.07. The minimum Gasteiger partial charge on any atom is -0.449 e. The standard InChI is InChI=1S/C8H15BF3O3.K/c1-7(2)14-5-8(13,6-15-7)3-4-9(10,11)12;/h13H,3-6H2,1-2H3;/q-1;+1. The van der Waals surface area contributed by atoms with Crippen LogP contribution in [0.5, 0.6) is 0 Å². The zero-order valence-electron chi connectivity index (χ0n) is 9.80. The van der Waals surface area contributed by atoms with Crippen LogP contribution in [0.25, 0.3) is 0 Å². The Labute approximate surface area is 136 Å². The largest absolute Gasteiger partial charge is 1.00 e. The summed E-state index contributed by atoms with van der Waals surface area (Å²) >= 11 is 0. The molecule has 1 aliphatic rings. The maximum atomic E-state index is 12.0. The molecule has 3 nitrogen and oxygen atoms in total. The second-order valence-corrected chi connectivity index (χ2v) is 4.45. The maximum absolute atomic E-state index is 12.0. The molecular weight excluding hydrogens is 251 g/mol. The Bertz CT molecular complexity index is 225. The van der Waals surface area contributed by atoms with Crippen LogP contribution in [-0.4, -0.2) is 36.7 Å². The summed E-state index contributed by atoms with van der Waals surface area (Å²) in [5.74, 6) is -0.824. The molecule has 1 heterocycles. The Kier molecular flexibility index (Phi) is 6.52. The summed E-state index contributed by atoms with van der Waals surface area (Å²) < 4.78 is 46.2. The minimum absolute atomic E-state index is 0. The van der Waals surface area contributed by atoms with Crippen molar-refractivity contribution in [3.8, 4) is 0 Å². The predicted molar refractivity (Wildman–Crippen MR) is 49.4 cm³/mol. The summed E-state index contributed by atoms with van der Waals surface area (Å²) in [5, 5.41) is 9.73. The first-order valence-corrected chi connectivity index (χ1v) is 4.83. The van der Waals surface area contributed by atoms with Crippen LogP contribution in [0.2, 0.25) is 6.32 Å². The summed E-state index contributed by atoms with van der Waals surface area (Å²) in [6.07, 6.45) is -1.34. The SMILES string of the molecule is CC1(C)OCC(O)(CC[B-](F)(F)F)CO1.[K+]. The first-order valence-electron chi connectivity index (χ1n) is 4.83. The molecular formula is C8H15BF3KO3. The van der Waals surface area contributed by atoms with Crippen LogP contribution in [0.3, 0.4) is 0 Å². The zero-order chi connectivity index (χ0) is 11.7. The molecule has 1 saturated heterocycles. The molecule has 0 aromatic rings. The summed E-state index contributed by atoms with van der Waals surface area (Å²) in [4.78, 5) is 0. The van der Waals surface area contributed by atoms with Crippen LogP contribution in [-0.2, 0) is 9.47 Å². The third-order valence-corrected chi connectivity index (χ3v) is 2.31. The van der Waals surface area contributed by atoms with E-state index in [1.807, 2.05) is 0 Å². The predicted octanol–water partition coefficient (Wildman–Crippen LogP) is -1.26. The number of hydrogen-bond acceptors (Lipinski definition) is 3. The van der Waals surface area contributed by atoms with E-state index in [-0.39, 0.29) is 71.0 Å². The van der Waals surface area contributed by atoms with Crippen molar-refractivity contribution in [2.24, 2.45) is 0 Å². The third kappa shape index (κ3) is 6.34. The first-order chi connectivity index (χ1) is 6.62. The van der Waals surface area contributed by atoms with Crippen LogP contribution < -0.4 is 51.4 Å². The van der Waals surface area contributed by atoms with E-state index in [9.17, 15) is 18.1 Å². The van der Waals surface area contributed by atoms with E-state index in [1.165, 1.54) is 0 Å². The summed E-state index contributed by atoms with van der Waals surface area (Å²) in [6.45, 7) is -1.79. The molecule has 1 aliphatic heterocycles. The molecule has 1 rings (SSSR count). The maximum Gasteiger partial charge on any atom is 1.00 e. The monoisotopic (exact) mass is 266 g/mol. The van der Waals surface area contributed by atoms with Gasteiger partial charge in [0.1, 0.15) is 5.60 Å². The number of rotatable bonds is 3. The normalized spacial score (nSPS) is 23.6. The Hall–Kier alpha value is 1.37. The van der Waals surface area contributed by atoms with Gasteiger partial charge in [0.25, 0.3) is 0 Å². The van der Waals surface area contributed by atoms with Gasteiger partial charge >= 0.3 is 58.4 Å². The van der Waals surface area contributed by atoms with Gasteiger partial charge in [0.15, 0.2) is 5.79 Å².